The maximum absolute atomic E-state index is 12.1. The monoisotopic (exact) mass is 357 g/mol. The first-order valence-corrected chi connectivity index (χ1v) is 6.32. The van der Waals surface area contributed by atoms with E-state index < -0.39 is 0 Å². The Kier molecular flexibility index (Phi) is 3.85. The van der Waals surface area contributed by atoms with Gasteiger partial charge in [-0.1, -0.05) is 0 Å². The highest BCUT2D eigenvalue weighted by molar-refractivity contribution is 14.1. The molecule has 6 heteroatoms. The molecular formula is C12H12IN3O2. The van der Waals surface area contributed by atoms with Crippen molar-refractivity contribution in [3.8, 4) is 5.75 Å². The summed E-state index contributed by atoms with van der Waals surface area (Å²) in [7, 11) is 3.34. The van der Waals surface area contributed by atoms with Crippen LogP contribution in [-0.2, 0) is 7.05 Å². The molecule has 18 heavy (non-hydrogen) atoms. The van der Waals surface area contributed by atoms with Crippen molar-refractivity contribution >= 4 is 34.2 Å². The molecule has 2 aromatic rings. The minimum absolute atomic E-state index is 0.176. The molecule has 0 saturated carbocycles. The fourth-order valence-electron chi connectivity index (χ4n) is 1.53. The second kappa shape index (κ2) is 5.38. The molecule has 2 rings (SSSR count). The minimum Gasteiger partial charge on any atom is -0.497 e. The van der Waals surface area contributed by atoms with Crippen molar-refractivity contribution < 1.29 is 9.53 Å². The molecule has 0 unspecified atom stereocenters. The van der Waals surface area contributed by atoms with E-state index in [9.17, 15) is 4.79 Å². The molecule has 5 nitrogen and oxygen atoms in total. The quantitative estimate of drug-likeness (QED) is 0.858. The van der Waals surface area contributed by atoms with Crippen LogP contribution in [0.1, 0.15) is 10.5 Å². The summed E-state index contributed by atoms with van der Waals surface area (Å²) in [6.45, 7) is 0. The lowest BCUT2D eigenvalue weighted by Gasteiger charge is -2.07. The summed E-state index contributed by atoms with van der Waals surface area (Å²) in [5.74, 6) is 0.577. The van der Waals surface area contributed by atoms with E-state index in [1.807, 2.05) is 0 Å². The fourth-order valence-corrected chi connectivity index (χ4v) is 2.25. The number of aryl methyl sites for hydroxylation is 1. The Morgan fingerprint density at radius 2 is 2.06 bits per heavy atom. The third-order valence-electron chi connectivity index (χ3n) is 2.46. The Morgan fingerprint density at radius 1 is 1.39 bits per heavy atom. The van der Waals surface area contributed by atoms with Crippen LogP contribution in [0.4, 0.5) is 5.69 Å². The van der Waals surface area contributed by atoms with Crippen molar-refractivity contribution in [2.24, 2.45) is 7.05 Å². The van der Waals surface area contributed by atoms with Crippen LogP contribution >= 0.6 is 22.6 Å². The topological polar surface area (TPSA) is 56.1 Å². The SMILES string of the molecule is COc1ccc(NC(=O)c2c(I)cnn2C)cc1. The summed E-state index contributed by atoms with van der Waals surface area (Å²) in [6.07, 6.45) is 1.66. The van der Waals surface area contributed by atoms with E-state index in [-0.39, 0.29) is 5.91 Å². The summed E-state index contributed by atoms with van der Waals surface area (Å²) in [5.41, 5.74) is 1.27. The van der Waals surface area contributed by atoms with Gasteiger partial charge in [0, 0.05) is 12.7 Å². The number of rotatable bonds is 3. The zero-order valence-corrected chi connectivity index (χ0v) is 12.1. The maximum Gasteiger partial charge on any atom is 0.275 e. The molecule has 0 saturated heterocycles. The van der Waals surface area contributed by atoms with Crippen LogP contribution in [-0.4, -0.2) is 22.8 Å². The summed E-state index contributed by atoms with van der Waals surface area (Å²) >= 11 is 2.09. The first-order valence-electron chi connectivity index (χ1n) is 5.24. The van der Waals surface area contributed by atoms with Crippen LogP contribution in [0.5, 0.6) is 5.75 Å². The van der Waals surface area contributed by atoms with Crippen LogP contribution in [0.25, 0.3) is 0 Å². The second-order valence-electron chi connectivity index (χ2n) is 3.65. The zero-order chi connectivity index (χ0) is 13.1. The molecule has 1 aromatic carbocycles. The predicted octanol–water partition coefficient (Wildman–Crippen LogP) is 2.29. The van der Waals surface area contributed by atoms with Crippen molar-refractivity contribution in [1.82, 2.24) is 9.78 Å². The maximum atomic E-state index is 12.1. The molecule has 1 heterocycles. The number of amides is 1. The van der Waals surface area contributed by atoms with Gasteiger partial charge in [-0.2, -0.15) is 5.10 Å². The molecule has 0 spiro atoms. The highest BCUT2D eigenvalue weighted by Gasteiger charge is 2.15. The average molecular weight is 357 g/mol. The average Bonchev–Trinajstić information content (AvgIpc) is 2.70. The van der Waals surface area contributed by atoms with Gasteiger partial charge in [-0.15, -0.1) is 0 Å². The molecule has 0 fully saturated rings. The summed E-state index contributed by atoms with van der Waals surface area (Å²) in [6, 6.07) is 7.17. The van der Waals surface area contributed by atoms with Crippen LogP contribution in [0.3, 0.4) is 0 Å². The molecule has 0 aliphatic carbocycles. The molecule has 1 aromatic heterocycles. The Balaban J connectivity index is 2.16. The lowest BCUT2D eigenvalue weighted by atomic mass is 10.3. The van der Waals surface area contributed by atoms with Crippen LogP contribution < -0.4 is 10.1 Å². The number of nitrogens with zero attached hydrogens (tertiary/aromatic N) is 2. The molecule has 94 valence electrons. The van der Waals surface area contributed by atoms with Gasteiger partial charge < -0.3 is 10.1 Å². The van der Waals surface area contributed by atoms with E-state index >= 15 is 0 Å². The lowest BCUT2D eigenvalue weighted by Crippen LogP contribution is -2.17. The van der Waals surface area contributed by atoms with Gasteiger partial charge in [-0.05, 0) is 46.9 Å². The van der Waals surface area contributed by atoms with E-state index in [1.165, 1.54) is 0 Å². The minimum atomic E-state index is -0.176. The molecule has 0 aliphatic heterocycles. The van der Waals surface area contributed by atoms with Gasteiger partial charge in [0.1, 0.15) is 11.4 Å². The lowest BCUT2D eigenvalue weighted by molar-refractivity contribution is 0.101. The predicted molar refractivity (Wildman–Crippen MR) is 76.9 cm³/mol. The van der Waals surface area contributed by atoms with Crippen molar-refractivity contribution in [3.63, 3.8) is 0 Å². The van der Waals surface area contributed by atoms with Crippen LogP contribution in [0, 0.1) is 3.57 Å². The number of aromatic nitrogens is 2. The number of hydrogen-bond acceptors (Lipinski definition) is 3. The van der Waals surface area contributed by atoms with Crippen LogP contribution in [0.15, 0.2) is 30.5 Å². The molecule has 0 aliphatic rings. The number of nitrogens with one attached hydrogen (secondary N) is 1. The second-order valence-corrected chi connectivity index (χ2v) is 4.81. The molecule has 0 radical (unpaired) electrons. The van der Waals surface area contributed by atoms with Crippen molar-refractivity contribution in [2.45, 2.75) is 0 Å². The third kappa shape index (κ3) is 2.63. The van der Waals surface area contributed by atoms with Gasteiger partial charge >= 0.3 is 0 Å². The highest BCUT2D eigenvalue weighted by Crippen LogP contribution is 2.17. The van der Waals surface area contributed by atoms with E-state index in [4.69, 9.17) is 4.74 Å². The van der Waals surface area contributed by atoms with Gasteiger partial charge in [0.15, 0.2) is 0 Å². The molecule has 0 atom stereocenters. The van der Waals surface area contributed by atoms with Crippen molar-refractivity contribution in [3.05, 3.63) is 39.7 Å². The van der Waals surface area contributed by atoms with Gasteiger partial charge in [-0.3, -0.25) is 9.48 Å². The fraction of sp³-hybridized carbons (Fsp3) is 0.167. The number of halogens is 1. The first kappa shape index (κ1) is 12.9. The molecule has 1 N–H and O–H groups in total. The molecular weight excluding hydrogens is 345 g/mol. The molecule has 0 bridgehead atoms. The van der Waals surface area contributed by atoms with E-state index in [1.54, 1.807) is 49.3 Å². The number of carbonyl (C=O) groups is 1. The Bertz CT molecular complexity index is 544. The number of hydrogen-bond donors (Lipinski definition) is 1. The summed E-state index contributed by atoms with van der Waals surface area (Å²) in [4.78, 5) is 12.1. The van der Waals surface area contributed by atoms with E-state index in [0.717, 1.165) is 15.0 Å². The number of methoxy groups -OCH3 is 1. The van der Waals surface area contributed by atoms with E-state index in [2.05, 4.69) is 33.0 Å². The van der Waals surface area contributed by atoms with E-state index in [0.29, 0.717) is 5.69 Å². The number of benzene rings is 1. The molecule has 1 amide bonds. The first-order chi connectivity index (χ1) is 8.61. The zero-order valence-electron chi connectivity index (χ0n) is 9.98. The largest absolute Gasteiger partial charge is 0.497 e. The normalized spacial score (nSPS) is 10.2. The van der Waals surface area contributed by atoms with Gasteiger partial charge in [0.05, 0.1) is 16.9 Å². The highest BCUT2D eigenvalue weighted by atomic mass is 127. The Labute approximate surface area is 118 Å². The van der Waals surface area contributed by atoms with Crippen LogP contribution in [0.2, 0.25) is 0 Å². The Morgan fingerprint density at radius 3 is 2.56 bits per heavy atom. The van der Waals surface area contributed by atoms with Crippen molar-refractivity contribution in [2.75, 3.05) is 12.4 Å². The van der Waals surface area contributed by atoms with Gasteiger partial charge in [0.2, 0.25) is 0 Å². The summed E-state index contributed by atoms with van der Waals surface area (Å²) < 4.78 is 7.43. The third-order valence-corrected chi connectivity index (χ3v) is 3.25. The van der Waals surface area contributed by atoms with Gasteiger partial charge in [-0.25, -0.2) is 0 Å². The van der Waals surface area contributed by atoms with Gasteiger partial charge in [0.25, 0.3) is 5.91 Å². The van der Waals surface area contributed by atoms with Crippen molar-refractivity contribution in [1.29, 1.82) is 0 Å². The number of anilines is 1. The number of ether oxygens (including phenoxy) is 1. The number of carbonyl (C=O) groups excluding carboxylic acids is 1. The smallest absolute Gasteiger partial charge is 0.275 e. The standard InChI is InChI=1S/C12H12IN3O2/c1-16-11(10(13)7-14-16)12(17)15-8-3-5-9(18-2)6-4-8/h3-7H,1-2H3,(H,15,17). The Hall–Kier alpha value is -1.57. The summed E-state index contributed by atoms with van der Waals surface area (Å²) in [5, 5.41) is 6.85.